The van der Waals surface area contributed by atoms with Crippen molar-refractivity contribution in [3.05, 3.63) is 26.6 Å². The van der Waals surface area contributed by atoms with Crippen molar-refractivity contribution in [1.29, 1.82) is 0 Å². The third-order valence-corrected chi connectivity index (χ3v) is 6.33. The van der Waals surface area contributed by atoms with Crippen LogP contribution in [-0.4, -0.2) is 44.5 Å². The van der Waals surface area contributed by atoms with Crippen molar-refractivity contribution in [3.63, 3.8) is 0 Å². The number of carboxylic acids is 1. The standard InChI is InChI=1S/C17H19N3O4S/c1-9-18-15-14(13-10(17(23)24)4-5-11(13)25-15)16(22)20(9)8-12(21)19-6-2-3-7-19/h10H,2-8H2,1H3,(H,23,24). The monoisotopic (exact) mass is 361 g/mol. The van der Waals surface area contributed by atoms with Crippen molar-refractivity contribution in [3.8, 4) is 0 Å². The summed E-state index contributed by atoms with van der Waals surface area (Å²) in [5, 5.41) is 9.85. The number of rotatable bonds is 3. The van der Waals surface area contributed by atoms with E-state index in [1.54, 1.807) is 11.8 Å². The van der Waals surface area contributed by atoms with Crippen molar-refractivity contribution in [2.75, 3.05) is 13.1 Å². The van der Waals surface area contributed by atoms with Crippen LogP contribution in [0.3, 0.4) is 0 Å². The first-order valence-corrected chi connectivity index (χ1v) is 9.32. The summed E-state index contributed by atoms with van der Waals surface area (Å²) in [6.07, 6.45) is 3.18. The molecule has 1 aliphatic carbocycles. The van der Waals surface area contributed by atoms with Gasteiger partial charge < -0.3 is 10.0 Å². The van der Waals surface area contributed by atoms with Gasteiger partial charge in [0.15, 0.2) is 0 Å². The molecule has 7 nitrogen and oxygen atoms in total. The van der Waals surface area contributed by atoms with Gasteiger partial charge in [0.1, 0.15) is 17.2 Å². The average molecular weight is 361 g/mol. The summed E-state index contributed by atoms with van der Waals surface area (Å²) >= 11 is 1.41. The van der Waals surface area contributed by atoms with Crippen molar-refractivity contribution in [1.82, 2.24) is 14.5 Å². The molecule has 1 fully saturated rings. The Morgan fingerprint density at radius 2 is 2.04 bits per heavy atom. The Labute approximate surface area is 147 Å². The van der Waals surface area contributed by atoms with E-state index >= 15 is 0 Å². The minimum atomic E-state index is -0.905. The number of fused-ring (bicyclic) bond motifs is 3. The molecule has 0 bridgehead atoms. The fraction of sp³-hybridized carbons (Fsp3) is 0.529. The number of amides is 1. The SMILES string of the molecule is Cc1nc2sc3c(c2c(=O)n1CC(=O)N1CCCC1)C(C(=O)O)CC3. The Hall–Kier alpha value is -2.22. The van der Waals surface area contributed by atoms with Gasteiger partial charge in [-0.1, -0.05) is 0 Å². The number of carbonyl (C=O) groups excluding carboxylic acids is 1. The molecule has 1 amide bonds. The molecule has 0 saturated carbocycles. The highest BCUT2D eigenvalue weighted by Crippen LogP contribution is 2.42. The molecule has 0 aromatic carbocycles. The van der Waals surface area contributed by atoms with Gasteiger partial charge in [-0.3, -0.25) is 19.0 Å². The Kier molecular flexibility index (Phi) is 3.87. The quantitative estimate of drug-likeness (QED) is 0.894. The number of carbonyl (C=O) groups is 2. The normalized spacial score (nSPS) is 19.6. The zero-order valence-electron chi connectivity index (χ0n) is 13.9. The van der Waals surface area contributed by atoms with Crippen LogP contribution < -0.4 is 5.56 Å². The highest BCUT2D eigenvalue weighted by atomic mass is 32.1. The Bertz CT molecular complexity index is 939. The van der Waals surface area contributed by atoms with Gasteiger partial charge in [-0.15, -0.1) is 11.3 Å². The zero-order valence-corrected chi connectivity index (χ0v) is 14.8. The van der Waals surface area contributed by atoms with Crippen molar-refractivity contribution in [2.24, 2.45) is 0 Å². The Morgan fingerprint density at radius 3 is 2.72 bits per heavy atom. The van der Waals surface area contributed by atoms with Crippen molar-refractivity contribution in [2.45, 2.75) is 45.1 Å². The van der Waals surface area contributed by atoms with Crippen LogP contribution in [0.1, 0.15) is 41.4 Å². The first-order valence-electron chi connectivity index (χ1n) is 8.50. The molecule has 1 atom stereocenters. The molecule has 1 N–H and O–H groups in total. The molecular weight excluding hydrogens is 342 g/mol. The predicted molar refractivity (Wildman–Crippen MR) is 93.1 cm³/mol. The van der Waals surface area contributed by atoms with Gasteiger partial charge in [-0.05, 0) is 38.2 Å². The van der Waals surface area contributed by atoms with Crippen molar-refractivity contribution >= 4 is 33.4 Å². The Balaban J connectivity index is 1.80. The van der Waals surface area contributed by atoms with Crippen LogP contribution in [0, 0.1) is 6.92 Å². The molecule has 1 unspecified atom stereocenters. The molecule has 0 radical (unpaired) electrons. The highest BCUT2D eigenvalue weighted by molar-refractivity contribution is 7.18. The summed E-state index contributed by atoms with van der Waals surface area (Å²) < 4.78 is 1.40. The van der Waals surface area contributed by atoms with Crippen LogP contribution in [0.4, 0.5) is 0 Å². The Morgan fingerprint density at radius 1 is 1.32 bits per heavy atom. The number of nitrogens with zero attached hydrogens (tertiary/aromatic N) is 3. The minimum Gasteiger partial charge on any atom is -0.481 e. The van der Waals surface area contributed by atoms with E-state index < -0.39 is 11.9 Å². The topological polar surface area (TPSA) is 92.5 Å². The molecular formula is C17H19N3O4S. The lowest BCUT2D eigenvalue weighted by Crippen LogP contribution is -2.36. The van der Waals surface area contributed by atoms with Gasteiger partial charge in [-0.2, -0.15) is 0 Å². The molecule has 2 aromatic heterocycles. The van der Waals surface area contributed by atoms with E-state index in [1.807, 2.05) is 0 Å². The van der Waals surface area contributed by atoms with E-state index in [4.69, 9.17) is 0 Å². The number of hydrogen-bond donors (Lipinski definition) is 1. The lowest BCUT2D eigenvalue weighted by Gasteiger charge is -2.17. The predicted octanol–water partition coefficient (Wildman–Crippen LogP) is 1.50. The fourth-order valence-corrected chi connectivity index (χ4v) is 5.15. The second kappa shape index (κ2) is 5.94. The first-order chi connectivity index (χ1) is 12.0. The number of likely N-dealkylation sites (tertiary alicyclic amines) is 1. The molecule has 8 heteroatoms. The molecule has 0 spiro atoms. The highest BCUT2D eigenvalue weighted by Gasteiger charge is 2.34. The molecule has 1 saturated heterocycles. The largest absolute Gasteiger partial charge is 0.481 e. The van der Waals surface area contributed by atoms with Gasteiger partial charge >= 0.3 is 5.97 Å². The van der Waals surface area contributed by atoms with Gasteiger partial charge in [0.05, 0.1) is 11.3 Å². The smallest absolute Gasteiger partial charge is 0.311 e. The molecule has 2 aliphatic rings. The minimum absolute atomic E-state index is 0.0318. The van der Waals surface area contributed by atoms with Crippen LogP contribution in [0.25, 0.3) is 10.2 Å². The summed E-state index contributed by atoms with van der Waals surface area (Å²) in [5.74, 6) is -1.14. The molecule has 2 aromatic rings. The maximum absolute atomic E-state index is 13.1. The molecule has 3 heterocycles. The summed E-state index contributed by atoms with van der Waals surface area (Å²) in [4.78, 5) is 44.8. The number of thiophene rings is 1. The summed E-state index contributed by atoms with van der Waals surface area (Å²) in [7, 11) is 0. The fourth-order valence-electron chi connectivity index (χ4n) is 3.86. The summed E-state index contributed by atoms with van der Waals surface area (Å²) in [6.45, 7) is 3.15. The van der Waals surface area contributed by atoms with Gasteiger partial charge in [-0.25, -0.2) is 4.98 Å². The summed E-state index contributed by atoms with van der Waals surface area (Å²) in [5.41, 5.74) is 0.327. The van der Waals surface area contributed by atoms with Gasteiger partial charge in [0.25, 0.3) is 5.56 Å². The van der Waals surface area contributed by atoms with Crippen molar-refractivity contribution < 1.29 is 14.7 Å². The van der Waals surface area contributed by atoms with Gasteiger partial charge in [0, 0.05) is 18.0 Å². The van der Waals surface area contributed by atoms with Crippen LogP contribution >= 0.6 is 11.3 Å². The average Bonchev–Trinajstić information content (AvgIpc) is 3.26. The van der Waals surface area contributed by atoms with E-state index in [0.717, 1.165) is 30.8 Å². The number of hydrogen-bond acceptors (Lipinski definition) is 5. The lowest BCUT2D eigenvalue weighted by atomic mass is 10.0. The third kappa shape index (κ3) is 2.55. The van der Waals surface area contributed by atoms with Crippen LogP contribution in [-0.2, 0) is 22.6 Å². The molecule has 132 valence electrons. The number of aliphatic carboxylic acids is 1. The van der Waals surface area contributed by atoms with Gasteiger partial charge in [0.2, 0.25) is 5.91 Å². The van der Waals surface area contributed by atoms with E-state index in [0.29, 0.717) is 34.4 Å². The lowest BCUT2D eigenvalue weighted by molar-refractivity contribution is -0.138. The van der Waals surface area contributed by atoms with E-state index in [1.165, 1.54) is 15.9 Å². The van der Waals surface area contributed by atoms with E-state index in [2.05, 4.69) is 4.98 Å². The number of aryl methyl sites for hydroxylation is 2. The van der Waals surface area contributed by atoms with E-state index in [9.17, 15) is 19.5 Å². The maximum Gasteiger partial charge on any atom is 0.311 e. The first kappa shape index (κ1) is 16.3. The molecule has 4 rings (SSSR count). The second-order valence-corrected chi connectivity index (χ2v) is 7.77. The molecule has 25 heavy (non-hydrogen) atoms. The molecule has 1 aliphatic heterocycles. The van der Waals surface area contributed by atoms with Crippen LogP contribution in [0.15, 0.2) is 4.79 Å². The third-order valence-electron chi connectivity index (χ3n) is 5.18. The van der Waals surface area contributed by atoms with E-state index in [-0.39, 0.29) is 18.0 Å². The summed E-state index contributed by atoms with van der Waals surface area (Å²) in [6, 6.07) is 0. The van der Waals surface area contributed by atoms with Crippen LogP contribution in [0.5, 0.6) is 0 Å². The maximum atomic E-state index is 13.1. The number of aromatic nitrogens is 2. The second-order valence-electron chi connectivity index (χ2n) is 6.69. The number of carboxylic acid groups (broad SMARTS) is 1. The zero-order chi connectivity index (χ0) is 17.7. The van der Waals surface area contributed by atoms with Crippen LogP contribution in [0.2, 0.25) is 0 Å².